The predicted molar refractivity (Wildman–Crippen MR) is 100 cm³/mol. The van der Waals surface area contributed by atoms with Crippen molar-refractivity contribution in [1.82, 2.24) is 24.9 Å². The molecule has 0 bridgehead atoms. The van der Waals surface area contributed by atoms with Crippen LogP contribution in [0.4, 0.5) is 0 Å². The molecule has 8 heteroatoms. The summed E-state index contributed by atoms with van der Waals surface area (Å²) in [4.78, 5) is 16.2. The fourth-order valence-electron chi connectivity index (χ4n) is 2.86. The lowest BCUT2D eigenvalue weighted by molar-refractivity contribution is -0.120. The number of nitriles is 1. The first-order valence-electron chi connectivity index (χ1n) is 8.69. The fourth-order valence-corrected chi connectivity index (χ4v) is 2.86. The van der Waals surface area contributed by atoms with Gasteiger partial charge in [0.1, 0.15) is 18.6 Å². The van der Waals surface area contributed by atoms with Crippen LogP contribution >= 0.6 is 0 Å². The Morgan fingerprint density at radius 3 is 2.71 bits per heavy atom. The smallest absolute Gasteiger partial charge is 0.230 e. The summed E-state index contributed by atoms with van der Waals surface area (Å²) in [6.07, 6.45) is 4.26. The number of benzene rings is 1. The molecule has 4 rings (SSSR count). The van der Waals surface area contributed by atoms with E-state index in [-0.39, 0.29) is 24.8 Å². The number of amides is 1. The molecule has 138 valence electrons. The van der Waals surface area contributed by atoms with Crippen molar-refractivity contribution in [1.29, 1.82) is 5.26 Å². The molecule has 0 saturated heterocycles. The molecule has 4 aromatic rings. The standard InChI is InChI=1S/C20H16N6O2/c21-8-9-22-18(27)11-20-25-24-19(28-20)10-16-13-26-12-15(6-7-17(26)23-16)14-4-2-1-3-5-14/h1-7,12-13H,9-11H2,(H,22,27). The Morgan fingerprint density at radius 1 is 1.07 bits per heavy atom. The molecule has 0 spiro atoms. The molecule has 0 radical (unpaired) electrons. The molecule has 0 atom stereocenters. The van der Waals surface area contributed by atoms with Crippen LogP contribution in [0.5, 0.6) is 0 Å². The second kappa shape index (κ2) is 7.72. The molecule has 0 fully saturated rings. The highest BCUT2D eigenvalue weighted by Gasteiger charge is 2.13. The molecule has 1 N–H and O–H groups in total. The minimum atomic E-state index is -0.335. The Morgan fingerprint density at radius 2 is 1.89 bits per heavy atom. The predicted octanol–water partition coefficient (Wildman–Crippen LogP) is 2.16. The van der Waals surface area contributed by atoms with Crippen molar-refractivity contribution in [3.63, 3.8) is 0 Å². The highest BCUT2D eigenvalue weighted by atomic mass is 16.4. The van der Waals surface area contributed by atoms with Gasteiger partial charge in [-0.25, -0.2) is 4.98 Å². The summed E-state index contributed by atoms with van der Waals surface area (Å²) in [6.45, 7) is -0.0496. The molecule has 3 aromatic heterocycles. The van der Waals surface area contributed by atoms with E-state index in [1.54, 1.807) is 0 Å². The molecule has 1 aromatic carbocycles. The largest absolute Gasteiger partial charge is 0.424 e. The van der Waals surface area contributed by atoms with Crippen LogP contribution in [0.2, 0.25) is 0 Å². The van der Waals surface area contributed by atoms with Gasteiger partial charge in [0.15, 0.2) is 0 Å². The molecule has 0 unspecified atom stereocenters. The minimum Gasteiger partial charge on any atom is -0.424 e. The van der Waals surface area contributed by atoms with Gasteiger partial charge in [0.25, 0.3) is 0 Å². The van der Waals surface area contributed by atoms with Gasteiger partial charge >= 0.3 is 0 Å². The maximum absolute atomic E-state index is 11.6. The maximum Gasteiger partial charge on any atom is 0.230 e. The first-order valence-corrected chi connectivity index (χ1v) is 8.69. The number of nitrogens with one attached hydrogen (secondary N) is 1. The van der Waals surface area contributed by atoms with E-state index in [4.69, 9.17) is 9.68 Å². The van der Waals surface area contributed by atoms with Crippen LogP contribution in [-0.4, -0.2) is 32.0 Å². The van der Waals surface area contributed by atoms with Crippen LogP contribution in [0.25, 0.3) is 16.8 Å². The lowest BCUT2D eigenvalue weighted by Crippen LogP contribution is -2.25. The quantitative estimate of drug-likeness (QED) is 0.520. The number of carbonyl (C=O) groups excluding carboxylic acids is 1. The summed E-state index contributed by atoms with van der Waals surface area (Å²) in [5.41, 5.74) is 3.84. The van der Waals surface area contributed by atoms with E-state index in [2.05, 4.69) is 32.6 Å². The molecule has 1 amide bonds. The summed E-state index contributed by atoms with van der Waals surface area (Å²) < 4.78 is 7.47. The molecular weight excluding hydrogens is 356 g/mol. The zero-order chi connectivity index (χ0) is 19.3. The van der Waals surface area contributed by atoms with Crippen molar-refractivity contribution in [2.24, 2.45) is 0 Å². The monoisotopic (exact) mass is 372 g/mol. The van der Waals surface area contributed by atoms with E-state index in [0.29, 0.717) is 12.3 Å². The highest BCUT2D eigenvalue weighted by molar-refractivity contribution is 5.77. The first kappa shape index (κ1) is 17.4. The van der Waals surface area contributed by atoms with Crippen LogP contribution in [0.1, 0.15) is 17.5 Å². The Balaban J connectivity index is 1.48. The normalized spacial score (nSPS) is 10.7. The van der Waals surface area contributed by atoms with Gasteiger partial charge in [-0.2, -0.15) is 5.26 Å². The van der Waals surface area contributed by atoms with Crippen molar-refractivity contribution in [3.05, 3.63) is 72.3 Å². The molecule has 0 aliphatic heterocycles. The zero-order valence-electron chi connectivity index (χ0n) is 14.9. The first-order chi connectivity index (χ1) is 13.7. The Labute approximate surface area is 160 Å². The molecule has 28 heavy (non-hydrogen) atoms. The van der Waals surface area contributed by atoms with Gasteiger partial charge in [-0.05, 0) is 23.3 Å². The number of imidazole rings is 1. The van der Waals surface area contributed by atoms with E-state index in [9.17, 15) is 4.79 Å². The van der Waals surface area contributed by atoms with Gasteiger partial charge in [0.2, 0.25) is 17.7 Å². The summed E-state index contributed by atoms with van der Waals surface area (Å²) in [6, 6.07) is 16.0. The van der Waals surface area contributed by atoms with Gasteiger partial charge in [-0.1, -0.05) is 30.3 Å². The number of carbonyl (C=O) groups is 1. The Bertz CT molecular complexity index is 1160. The Kier molecular flexibility index (Phi) is 4.80. The SMILES string of the molecule is N#CCNC(=O)Cc1nnc(Cc2cn3cc(-c4ccccc4)ccc3n2)o1. The van der Waals surface area contributed by atoms with E-state index in [1.165, 1.54) is 0 Å². The summed E-state index contributed by atoms with van der Waals surface area (Å²) >= 11 is 0. The van der Waals surface area contributed by atoms with Crippen molar-refractivity contribution in [3.8, 4) is 17.2 Å². The van der Waals surface area contributed by atoms with Crippen LogP contribution in [0, 0.1) is 11.3 Å². The molecule has 8 nitrogen and oxygen atoms in total. The molecule has 0 aliphatic rings. The summed E-state index contributed by atoms with van der Waals surface area (Å²) in [5.74, 6) is 0.258. The van der Waals surface area contributed by atoms with Crippen molar-refractivity contribution in [2.75, 3.05) is 6.54 Å². The van der Waals surface area contributed by atoms with E-state index < -0.39 is 0 Å². The zero-order valence-corrected chi connectivity index (χ0v) is 14.9. The van der Waals surface area contributed by atoms with Gasteiger partial charge < -0.3 is 14.1 Å². The second-order valence-electron chi connectivity index (χ2n) is 6.16. The van der Waals surface area contributed by atoms with E-state index in [0.717, 1.165) is 22.5 Å². The summed E-state index contributed by atoms with van der Waals surface area (Å²) in [7, 11) is 0. The number of hydrogen-bond acceptors (Lipinski definition) is 6. The number of fused-ring (bicyclic) bond motifs is 1. The molecule has 0 aliphatic carbocycles. The lowest BCUT2D eigenvalue weighted by atomic mass is 10.1. The number of aromatic nitrogens is 4. The van der Waals surface area contributed by atoms with Crippen LogP contribution in [-0.2, 0) is 17.6 Å². The van der Waals surface area contributed by atoms with Crippen molar-refractivity contribution >= 4 is 11.6 Å². The maximum atomic E-state index is 11.6. The third kappa shape index (κ3) is 3.88. The van der Waals surface area contributed by atoms with Crippen LogP contribution in [0.15, 0.2) is 59.3 Å². The summed E-state index contributed by atoms with van der Waals surface area (Å²) in [5, 5.41) is 18.7. The van der Waals surface area contributed by atoms with E-state index >= 15 is 0 Å². The lowest BCUT2D eigenvalue weighted by Gasteiger charge is -2.01. The van der Waals surface area contributed by atoms with Crippen LogP contribution in [0.3, 0.4) is 0 Å². The second-order valence-corrected chi connectivity index (χ2v) is 6.16. The molecular formula is C20H16N6O2. The number of pyridine rings is 1. The van der Waals surface area contributed by atoms with Crippen molar-refractivity contribution < 1.29 is 9.21 Å². The van der Waals surface area contributed by atoms with Crippen molar-refractivity contribution in [2.45, 2.75) is 12.8 Å². The third-order valence-electron chi connectivity index (χ3n) is 4.13. The average Bonchev–Trinajstić information content (AvgIpc) is 3.32. The molecule has 3 heterocycles. The fraction of sp³-hybridized carbons (Fsp3) is 0.150. The van der Waals surface area contributed by atoms with Gasteiger partial charge in [0, 0.05) is 12.4 Å². The number of nitrogens with zero attached hydrogens (tertiary/aromatic N) is 5. The Hall–Kier alpha value is -3.99. The minimum absolute atomic E-state index is 0.0496. The van der Waals surface area contributed by atoms with Gasteiger partial charge in [-0.15, -0.1) is 10.2 Å². The topological polar surface area (TPSA) is 109 Å². The third-order valence-corrected chi connectivity index (χ3v) is 4.13. The molecule has 0 saturated carbocycles. The van der Waals surface area contributed by atoms with Gasteiger partial charge in [-0.3, -0.25) is 4.79 Å². The van der Waals surface area contributed by atoms with Gasteiger partial charge in [0.05, 0.1) is 18.2 Å². The number of hydrogen-bond donors (Lipinski definition) is 1. The number of rotatable bonds is 6. The van der Waals surface area contributed by atoms with E-state index in [1.807, 2.05) is 53.2 Å². The highest BCUT2D eigenvalue weighted by Crippen LogP contribution is 2.20. The van der Waals surface area contributed by atoms with Crippen LogP contribution < -0.4 is 5.32 Å². The average molecular weight is 372 g/mol.